The van der Waals surface area contributed by atoms with Crippen LogP contribution in [0.15, 0.2) is 48.5 Å². The molecule has 2 unspecified atom stereocenters. The van der Waals surface area contributed by atoms with Crippen LogP contribution in [0.3, 0.4) is 0 Å². The molecule has 0 saturated carbocycles. The summed E-state index contributed by atoms with van der Waals surface area (Å²) >= 11 is 0. The predicted octanol–water partition coefficient (Wildman–Crippen LogP) is 2.23. The minimum absolute atomic E-state index is 0.0941. The van der Waals surface area contributed by atoms with E-state index in [9.17, 15) is 19.5 Å². The van der Waals surface area contributed by atoms with Crippen LogP contribution in [0.5, 0.6) is 0 Å². The number of rotatable bonds is 8. The number of aliphatic hydroxyl groups is 1. The van der Waals surface area contributed by atoms with E-state index in [0.717, 1.165) is 22.3 Å². The number of carbonyl (C=O) groups is 3. The SMILES string of the molecule is CC(=O)CNC(=O)C(NC(=O)OCC1c2ccccc2-c2ccccc21)C(C)CO. The fourth-order valence-corrected chi connectivity index (χ4v) is 3.66. The molecule has 3 N–H and O–H groups in total. The van der Waals surface area contributed by atoms with Gasteiger partial charge in [-0.1, -0.05) is 55.5 Å². The number of amides is 2. The smallest absolute Gasteiger partial charge is 0.407 e. The lowest BCUT2D eigenvalue weighted by Crippen LogP contribution is -2.52. The quantitative estimate of drug-likeness (QED) is 0.619. The van der Waals surface area contributed by atoms with Crippen LogP contribution in [0.1, 0.15) is 30.9 Å². The van der Waals surface area contributed by atoms with Crippen molar-refractivity contribution in [2.45, 2.75) is 25.8 Å². The maximum atomic E-state index is 12.4. The zero-order valence-electron chi connectivity index (χ0n) is 17.1. The van der Waals surface area contributed by atoms with Gasteiger partial charge in [0.15, 0.2) is 0 Å². The van der Waals surface area contributed by atoms with Crippen molar-refractivity contribution < 1.29 is 24.2 Å². The zero-order valence-corrected chi connectivity index (χ0v) is 17.1. The second-order valence-corrected chi connectivity index (χ2v) is 7.53. The number of benzene rings is 2. The minimum Gasteiger partial charge on any atom is -0.449 e. The van der Waals surface area contributed by atoms with Crippen LogP contribution in [0.2, 0.25) is 0 Å². The molecule has 2 amide bonds. The highest BCUT2D eigenvalue weighted by Gasteiger charge is 2.31. The molecule has 0 fully saturated rings. The van der Waals surface area contributed by atoms with Crippen LogP contribution < -0.4 is 10.6 Å². The zero-order chi connectivity index (χ0) is 21.7. The highest BCUT2D eigenvalue weighted by atomic mass is 16.5. The van der Waals surface area contributed by atoms with Crippen molar-refractivity contribution in [1.82, 2.24) is 10.6 Å². The number of alkyl carbamates (subject to hydrolysis) is 1. The summed E-state index contributed by atoms with van der Waals surface area (Å²) < 4.78 is 5.46. The Labute approximate surface area is 175 Å². The first kappa shape index (κ1) is 21.5. The first-order valence-corrected chi connectivity index (χ1v) is 9.92. The molecule has 7 heteroatoms. The van der Waals surface area contributed by atoms with Crippen molar-refractivity contribution in [3.05, 3.63) is 59.7 Å². The van der Waals surface area contributed by atoms with Crippen molar-refractivity contribution in [3.63, 3.8) is 0 Å². The van der Waals surface area contributed by atoms with Crippen LogP contribution in [-0.2, 0) is 14.3 Å². The summed E-state index contributed by atoms with van der Waals surface area (Å²) in [5.74, 6) is -1.39. The summed E-state index contributed by atoms with van der Waals surface area (Å²) in [6.07, 6.45) is -0.750. The van der Waals surface area contributed by atoms with Gasteiger partial charge in [0, 0.05) is 18.4 Å². The summed E-state index contributed by atoms with van der Waals surface area (Å²) in [5.41, 5.74) is 4.42. The van der Waals surface area contributed by atoms with Gasteiger partial charge in [-0.15, -0.1) is 0 Å². The molecule has 0 aromatic heterocycles. The molecule has 0 aliphatic heterocycles. The Kier molecular flexibility index (Phi) is 6.84. The largest absolute Gasteiger partial charge is 0.449 e. The Morgan fingerprint density at radius 2 is 1.60 bits per heavy atom. The van der Waals surface area contributed by atoms with Crippen LogP contribution in [0.25, 0.3) is 11.1 Å². The Morgan fingerprint density at radius 1 is 1.03 bits per heavy atom. The molecule has 7 nitrogen and oxygen atoms in total. The Balaban J connectivity index is 1.67. The van der Waals surface area contributed by atoms with Gasteiger partial charge >= 0.3 is 6.09 Å². The molecule has 2 aromatic carbocycles. The molecule has 0 spiro atoms. The number of Topliss-reactive ketones (excluding diaryl/α,β-unsaturated/α-hetero) is 1. The monoisotopic (exact) mass is 410 g/mol. The van der Waals surface area contributed by atoms with Crippen molar-refractivity contribution in [2.24, 2.45) is 5.92 Å². The van der Waals surface area contributed by atoms with Crippen LogP contribution in [-0.4, -0.2) is 48.7 Å². The summed E-state index contributed by atoms with van der Waals surface area (Å²) in [6, 6.07) is 15.0. The lowest BCUT2D eigenvalue weighted by Gasteiger charge is -2.23. The molecule has 30 heavy (non-hydrogen) atoms. The van der Waals surface area contributed by atoms with E-state index in [-0.39, 0.29) is 31.5 Å². The van der Waals surface area contributed by atoms with E-state index in [0.29, 0.717) is 0 Å². The fourth-order valence-electron chi connectivity index (χ4n) is 3.66. The average molecular weight is 410 g/mol. The number of hydrogen-bond donors (Lipinski definition) is 3. The number of hydrogen-bond acceptors (Lipinski definition) is 5. The molecule has 158 valence electrons. The van der Waals surface area contributed by atoms with Gasteiger partial charge in [0.25, 0.3) is 0 Å². The minimum atomic E-state index is -1.01. The molecule has 0 heterocycles. The molecule has 2 atom stereocenters. The van der Waals surface area contributed by atoms with Gasteiger partial charge in [0.05, 0.1) is 6.54 Å². The lowest BCUT2D eigenvalue weighted by atomic mass is 9.98. The van der Waals surface area contributed by atoms with Crippen LogP contribution in [0, 0.1) is 5.92 Å². The van der Waals surface area contributed by atoms with Crippen LogP contribution in [0.4, 0.5) is 4.79 Å². The van der Waals surface area contributed by atoms with E-state index in [1.807, 2.05) is 48.5 Å². The molecule has 1 aliphatic carbocycles. The van der Waals surface area contributed by atoms with Crippen molar-refractivity contribution >= 4 is 17.8 Å². The Bertz CT molecular complexity index is 897. The molecule has 3 rings (SSSR count). The number of nitrogens with one attached hydrogen (secondary N) is 2. The first-order chi connectivity index (χ1) is 14.4. The molecule has 0 radical (unpaired) electrons. The van der Waals surface area contributed by atoms with Gasteiger partial charge in [-0.2, -0.15) is 0 Å². The van der Waals surface area contributed by atoms with Crippen molar-refractivity contribution in [3.8, 4) is 11.1 Å². The van der Waals surface area contributed by atoms with Crippen molar-refractivity contribution in [2.75, 3.05) is 19.8 Å². The maximum Gasteiger partial charge on any atom is 0.407 e. The lowest BCUT2D eigenvalue weighted by molar-refractivity contribution is -0.127. The summed E-state index contributed by atoms with van der Waals surface area (Å²) in [6.45, 7) is 2.66. The normalized spacial score (nSPS) is 14.2. The summed E-state index contributed by atoms with van der Waals surface area (Å²) in [4.78, 5) is 35.9. The van der Waals surface area contributed by atoms with Gasteiger partial charge in [-0.05, 0) is 29.2 Å². The van der Waals surface area contributed by atoms with Crippen molar-refractivity contribution in [1.29, 1.82) is 0 Å². The fraction of sp³-hybridized carbons (Fsp3) is 0.348. The summed E-state index contributed by atoms with van der Waals surface area (Å²) in [5, 5.41) is 14.4. The third-order valence-corrected chi connectivity index (χ3v) is 5.27. The highest BCUT2D eigenvalue weighted by molar-refractivity contribution is 5.89. The number of carbonyl (C=O) groups excluding carboxylic acids is 3. The van der Waals surface area contributed by atoms with E-state index in [2.05, 4.69) is 10.6 Å². The van der Waals surface area contributed by atoms with Gasteiger partial charge in [0.1, 0.15) is 18.4 Å². The maximum absolute atomic E-state index is 12.4. The second-order valence-electron chi connectivity index (χ2n) is 7.53. The predicted molar refractivity (Wildman–Crippen MR) is 112 cm³/mol. The molecule has 1 aliphatic rings. The van der Waals surface area contributed by atoms with Gasteiger partial charge in [-0.3, -0.25) is 9.59 Å². The highest BCUT2D eigenvalue weighted by Crippen LogP contribution is 2.44. The average Bonchev–Trinajstić information content (AvgIpc) is 3.07. The van der Waals surface area contributed by atoms with Gasteiger partial charge < -0.3 is 20.5 Å². The van der Waals surface area contributed by atoms with E-state index >= 15 is 0 Å². The number of ether oxygens (including phenoxy) is 1. The van der Waals surface area contributed by atoms with E-state index in [1.165, 1.54) is 6.92 Å². The molecule has 0 bridgehead atoms. The number of aliphatic hydroxyl groups excluding tert-OH is 1. The summed E-state index contributed by atoms with van der Waals surface area (Å²) in [7, 11) is 0. The molecule has 2 aromatic rings. The van der Waals surface area contributed by atoms with E-state index in [1.54, 1.807) is 6.92 Å². The van der Waals surface area contributed by atoms with Crippen LogP contribution >= 0.6 is 0 Å². The van der Waals surface area contributed by atoms with E-state index in [4.69, 9.17) is 4.74 Å². The Morgan fingerprint density at radius 3 is 2.13 bits per heavy atom. The van der Waals surface area contributed by atoms with E-state index < -0.39 is 24.0 Å². The molecular weight excluding hydrogens is 384 g/mol. The topological polar surface area (TPSA) is 105 Å². The molecule has 0 saturated heterocycles. The van der Waals surface area contributed by atoms with Gasteiger partial charge in [-0.25, -0.2) is 4.79 Å². The third-order valence-electron chi connectivity index (χ3n) is 5.27. The first-order valence-electron chi connectivity index (χ1n) is 9.92. The van der Waals surface area contributed by atoms with Gasteiger partial charge in [0.2, 0.25) is 5.91 Å². The third kappa shape index (κ3) is 4.68. The number of ketones is 1. The second kappa shape index (κ2) is 9.54. The standard InChI is InChI=1S/C23H26N2O5/c1-14(12-26)21(22(28)24-11-15(2)27)25-23(29)30-13-20-18-9-5-3-7-16(18)17-8-4-6-10-19(17)20/h3-10,14,20-21,26H,11-13H2,1-2H3,(H,24,28)(H,25,29). The Hall–Kier alpha value is -3.19. The number of fused-ring (bicyclic) bond motifs is 3. The molecular formula is C23H26N2O5.